The molecule has 2 aromatic carbocycles. The number of carbonyl (C=O) groups is 2. The second-order valence-corrected chi connectivity index (χ2v) is 9.10. The van der Waals surface area contributed by atoms with Crippen LogP contribution in [0.3, 0.4) is 0 Å². The highest BCUT2D eigenvalue weighted by Crippen LogP contribution is 2.32. The summed E-state index contributed by atoms with van der Waals surface area (Å²) in [5, 5.41) is 12.9. The summed E-state index contributed by atoms with van der Waals surface area (Å²) in [7, 11) is 1.76. The number of amides is 2. The second kappa shape index (κ2) is 10.2. The number of imide groups is 1. The fraction of sp³-hybridized carbons (Fsp3) is 0.148. The number of thioether (sulfide) groups is 1. The summed E-state index contributed by atoms with van der Waals surface area (Å²) in [6.07, 6.45) is 1.76. The van der Waals surface area contributed by atoms with E-state index >= 15 is 0 Å². The Morgan fingerprint density at radius 3 is 2.50 bits per heavy atom. The van der Waals surface area contributed by atoms with Crippen LogP contribution in [0.4, 0.5) is 0 Å². The molecule has 0 spiro atoms. The van der Waals surface area contributed by atoms with Gasteiger partial charge in [-0.1, -0.05) is 60.3 Å². The number of carbonyl (C=O) groups excluding carboxylic acids is 2. The van der Waals surface area contributed by atoms with Crippen molar-refractivity contribution < 1.29 is 9.59 Å². The Morgan fingerprint density at radius 1 is 0.972 bits per heavy atom. The molecule has 180 valence electrons. The standard InChI is InChI=1S/C27H24N6O2S/c1-3-33-25(30-31-27(33)36-17-24(34)29-26(35)23-14-9-15-32(23)2)20-16-22(18-10-5-4-6-11-18)28-21-13-8-7-12-19(20)21/h4-16H,3,17H2,1-2H3,(H,29,34,35). The molecule has 0 fully saturated rings. The Balaban J connectivity index is 1.43. The van der Waals surface area contributed by atoms with Crippen LogP contribution in [0.1, 0.15) is 17.4 Å². The predicted octanol–water partition coefficient (Wildman–Crippen LogP) is 4.57. The summed E-state index contributed by atoms with van der Waals surface area (Å²) in [6, 6.07) is 23.4. The Bertz CT molecular complexity index is 1560. The van der Waals surface area contributed by atoms with Crippen molar-refractivity contribution in [2.24, 2.45) is 7.05 Å². The number of hydrogen-bond acceptors (Lipinski definition) is 6. The molecule has 9 heteroatoms. The lowest BCUT2D eigenvalue weighted by Crippen LogP contribution is -2.33. The average Bonchev–Trinajstić information content (AvgIpc) is 3.53. The number of nitrogens with zero attached hydrogens (tertiary/aromatic N) is 5. The van der Waals surface area contributed by atoms with Crippen LogP contribution >= 0.6 is 11.8 Å². The third-order valence-corrected chi connectivity index (χ3v) is 6.79. The van der Waals surface area contributed by atoms with E-state index in [0.717, 1.165) is 27.7 Å². The molecule has 0 saturated heterocycles. The highest BCUT2D eigenvalue weighted by Gasteiger charge is 2.19. The molecule has 5 aromatic rings. The molecule has 3 aromatic heterocycles. The molecular weight excluding hydrogens is 472 g/mol. The summed E-state index contributed by atoms with van der Waals surface area (Å²) in [5.74, 6) is -0.0710. The molecule has 0 aliphatic carbocycles. The molecule has 0 saturated carbocycles. The van der Waals surface area contributed by atoms with Gasteiger partial charge < -0.3 is 9.13 Å². The number of aryl methyl sites for hydroxylation is 1. The van der Waals surface area contributed by atoms with Gasteiger partial charge in [0.2, 0.25) is 5.91 Å². The molecule has 3 heterocycles. The maximum atomic E-state index is 12.5. The van der Waals surface area contributed by atoms with Gasteiger partial charge in [0.1, 0.15) is 5.69 Å². The highest BCUT2D eigenvalue weighted by atomic mass is 32.2. The van der Waals surface area contributed by atoms with E-state index in [4.69, 9.17) is 4.98 Å². The van der Waals surface area contributed by atoms with Gasteiger partial charge in [-0.25, -0.2) is 4.98 Å². The maximum Gasteiger partial charge on any atom is 0.274 e. The summed E-state index contributed by atoms with van der Waals surface area (Å²) < 4.78 is 3.64. The van der Waals surface area contributed by atoms with Crippen molar-refractivity contribution in [2.75, 3.05) is 5.75 Å². The van der Waals surface area contributed by atoms with Gasteiger partial charge in [0.05, 0.1) is 17.0 Å². The molecule has 0 aliphatic rings. The lowest BCUT2D eigenvalue weighted by molar-refractivity contribution is -0.117. The lowest BCUT2D eigenvalue weighted by Gasteiger charge is -2.12. The van der Waals surface area contributed by atoms with Crippen molar-refractivity contribution in [1.29, 1.82) is 0 Å². The number of fused-ring (bicyclic) bond motifs is 1. The highest BCUT2D eigenvalue weighted by molar-refractivity contribution is 7.99. The van der Waals surface area contributed by atoms with Gasteiger partial charge in [-0.3, -0.25) is 14.9 Å². The van der Waals surface area contributed by atoms with Crippen LogP contribution in [-0.2, 0) is 18.4 Å². The monoisotopic (exact) mass is 496 g/mol. The fourth-order valence-electron chi connectivity index (χ4n) is 4.05. The normalized spacial score (nSPS) is 11.1. The molecule has 0 aliphatic heterocycles. The second-order valence-electron chi connectivity index (χ2n) is 8.16. The van der Waals surface area contributed by atoms with Crippen molar-refractivity contribution in [1.82, 2.24) is 29.6 Å². The molecule has 5 rings (SSSR count). The van der Waals surface area contributed by atoms with Gasteiger partial charge in [-0.2, -0.15) is 0 Å². The van der Waals surface area contributed by atoms with Gasteiger partial charge >= 0.3 is 0 Å². The zero-order valence-electron chi connectivity index (χ0n) is 19.9. The minimum atomic E-state index is -0.428. The third-order valence-electron chi connectivity index (χ3n) is 5.82. The summed E-state index contributed by atoms with van der Waals surface area (Å²) in [4.78, 5) is 29.7. The number of para-hydroxylation sites is 1. The van der Waals surface area contributed by atoms with Crippen LogP contribution in [0, 0.1) is 0 Å². The SMILES string of the molecule is CCn1c(SCC(=O)NC(=O)c2cccn2C)nnc1-c1cc(-c2ccccc2)nc2ccccc12. The van der Waals surface area contributed by atoms with E-state index in [9.17, 15) is 9.59 Å². The van der Waals surface area contributed by atoms with E-state index in [1.54, 1.807) is 29.9 Å². The summed E-state index contributed by atoms with van der Waals surface area (Å²) >= 11 is 1.25. The van der Waals surface area contributed by atoms with Crippen LogP contribution in [0.15, 0.2) is 84.1 Å². The Hall–Kier alpha value is -4.24. The first-order valence-corrected chi connectivity index (χ1v) is 12.5. The number of aromatic nitrogens is 5. The van der Waals surface area contributed by atoms with Crippen LogP contribution in [0.25, 0.3) is 33.5 Å². The molecule has 1 N–H and O–H groups in total. The Kier molecular flexibility index (Phi) is 6.64. The Labute approximate surface area is 212 Å². The van der Waals surface area contributed by atoms with Crippen LogP contribution in [0.5, 0.6) is 0 Å². The number of benzene rings is 2. The molecule has 0 unspecified atom stereocenters. The van der Waals surface area contributed by atoms with Crippen molar-refractivity contribution in [3.63, 3.8) is 0 Å². The van der Waals surface area contributed by atoms with E-state index in [1.165, 1.54) is 11.8 Å². The van der Waals surface area contributed by atoms with Gasteiger partial charge in [0, 0.05) is 36.3 Å². The molecule has 0 atom stereocenters. The number of pyridine rings is 1. The fourth-order valence-corrected chi connectivity index (χ4v) is 4.85. The van der Waals surface area contributed by atoms with Crippen molar-refractivity contribution in [2.45, 2.75) is 18.6 Å². The van der Waals surface area contributed by atoms with Crippen LogP contribution in [0.2, 0.25) is 0 Å². The van der Waals surface area contributed by atoms with Crippen molar-refractivity contribution in [3.8, 4) is 22.6 Å². The van der Waals surface area contributed by atoms with Crippen LogP contribution in [-0.4, -0.2) is 41.9 Å². The average molecular weight is 497 g/mol. The van der Waals surface area contributed by atoms with Gasteiger partial charge in [0.15, 0.2) is 11.0 Å². The topological polar surface area (TPSA) is 94.7 Å². The quantitative estimate of drug-likeness (QED) is 0.332. The molecule has 2 amide bonds. The molecule has 8 nitrogen and oxygen atoms in total. The minimum absolute atomic E-state index is 0.0423. The minimum Gasteiger partial charge on any atom is -0.347 e. The number of rotatable bonds is 7. The largest absolute Gasteiger partial charge is 0.347 e. The number of nitrogens with one attached hydrogen (secondary N) is 1. The summed E-state index contributed by atoms with van der Waals surface area (Å²) in [6.45, 7) is 2.63. The van der Waals surface area contributed by atoms with Gasteiger partial charge in [-0.15, -0.1) is 10.2 Å². The molecule has 0 bridgehead atoms. The lowest BCUT2D eigenvalue weighted by atomic mass is 10.0. The summed E-state index contributed by atoms with van der Waals surface area (Å²) in [5.41, 5.74) is 4.08. The van der Waals surface area contributed by atoms with Crippen LogP contribution < -0.4 is 5.32 Å². The zero-order chi connectivity index (χ0) is 25.1. The first-order valence-electron chi connectivity index (χ1n) is 11.5. The van der Waals surface area contributed by atoms with E-state index in [2.05, 4.69) is 15.5 Å². The zero-order valence-corrected chi connectivity index (χ0v) is 20.7. The first kappa shape index (κ1) is 23.5. The van der Waals surface area contributed by atoms with Gasteiger partial charge in [-0.05, 0) is 31.2 Å². The number of hydrogen-bond donors (Lipinski definition) is 1. The predicted molar refractivity (Wildman–Crippen MR) is 140 cm³/mol. The maximum absolute atomic E-state index is 12.5. The molecular formula is C27H24N6O2S. The molecule has 36 heavy (non-hydrogen) atoms. The van der Waals surface area contributed by atoms with E-state index in [1.807, 2.05) is 72.2 Å². The first-order chi connectivity index (χ1) is 17.5. The smallest absolute Gasteiger partial charge is 0.274 e. The van der Waals surface area contributed by atoms with E-state index < -0.39 is 5.91 Å². The molecule has 0 radical (unpaired) electrons. The van der Waals surface area contributed by atoms with Gasteiger partial charge in [0.25, 0.3) is 5.91 Å². The third kappa shape index (κ3) is 4.65. The Morgan fingerprint density at radius 2 is 1.75 bits per heavy atom. The van der Waals surface area contributed by atoms with E-state index in [0.29, 0.717) is 23.2 Å². The van der Waals surface area contributed by atoms with Crippen molar-refractivity contribution in [3.05, 3.63) is 84.7 Å². The van der Waals surface area contributed by atoms with E-state index in [-0.39, 0.29) is 11.7 Å². The van der Waals surface area contributed by atoms with Crippen molar-refractivity contribution >= 4 is 34.5 Å².